The van der Waals surface area contributed by atoms with Gasteiger partial charge in [-0.05, 0) is 24.1 Å². The maximum atomic E-state index is 12.9. The molecule has 20 heavy (non-hydrogen) atoms. The highest BCUT2D eigenvalue weighted by atomic mass is 19.1. The minimum Gasteiger partial charge on any atom is -0.395 e. The number of hydrogen-bond donors (Lipinski definition) is 1. The van der Waals surface area contributed by atoms with E-state index in [9.17, 15) is 14.3 Å². The molecular weight excluding hydrogens is 259 g/mol. The molecule has 0 aromatic heterocycles. The van der Waals surface area contributed by atoms with Gasteiger partial charge >= 0.3 is 0 Å². The van der Waals surface area contributed by atoms with Gasteiger partial charge in [0.2, 0.25) is 5.91 Å². The molecule has 0 heterocycles. The molecule has 1 amide bonds. The second kappa shape index (κ2) is 7.97. The molecular formula is C15H23FN2O2. The van der Waals surface area contributed by atoms with Crippen molar-refractivity contribution in [3.63, 3.8) is 0 Å². The molecule has 0 spiro atoms. The summed E-state index contributed by atoms with van der Waals surface area (Å²) < 4.78 is 12.9. The van der Waals surface area contributed by atoms with Gasteiger partial charge in [-0.2, -0.15) is 0 Å². The Hall–Kier alpha value is -1.46. The van der Waals surface area contributed by atoms with E-state index in [4.69, 9.17) is 0 Å². The van der Waals surface area contributed by atoms with Crippen molar-refractivity contribution in [3.8, 4) is 0 Å². The third kappa shape index (κ3) is 4.58. The summed E-state index contributed by atoms with van der Waals surface area (Å²) >= 11 is 0. The number of carbonyl (C=O) groups excluding carboxylic acids is 1. The maximum Gasteiger partial charge on any atom is 0.239 e. The fraction of sp³-hybridized carbons (Fsp3) is 0.533. The molecule has 0 radical (unpaired) electrons. The zero-order chi connectivity index (χ0) is 15.1. The molecule has 1 N–H and O–H groups in total. The van der Waals surface area contributed by atoms with Gasteiger partial charge in [0.05, 0.1) is 12.6 Å². The summed E-state index contributed by atoms with van der Waals surface area (Å²) in [4.78, 5) is 15.7. The lowest BCUT2D eigenvalue weighted by molar-refractivity contribution is -0.135. The number of amides is 1. The molecule has 1 aromatic rings. The van der Waals surface area contributed by atoms with Crippen LogP contribution in [-0.2, 0) is 11.3 Å². The molecule has 4 nitrogen and oxygen atoms in total. The van der Waals surface area contributed by atoms with Gasteiger partial charge in [0.1, 0.15) is 5.82 Å². The van der Waals surface area contributed by atoms with E-state index < -0.39 is 0 Å². The lowest BCUT2D eigenvalue weighted by Crippen LogP contribution is -2.46. The molecule has 1 atom stereocenters. The predicted molar refractivity (Wildman–Crippen MR) is 76.7 cm³/mol. The van der Waals surface area contributed by atoms with Gasteiger partial charge in [-0.1, -0.05) is 19.1 Å². The molecule has 0 saturated carbocycles. The Kier molecular flexibility index (Phi) is 6.61. The van der Waals surface area contributed by atoms with Gasteiger partial charge in [0, 0.05) is 27.2 Å². The zero-order valence-corrected chi connectivity index (χ0v) is 12.3. The predicted octanol–water partition coefficient (Wildman–Crippen LogP) is 1.49. The molecule has 1 unspecified atom stereocenters. The van der Waals surface area contributed by atoms with Crippen molar-refractivity contribution in [2.24, 2.45) is 0 Å². The van der Waals surface area contributed by atoms with Crippen molar-refractivity contribution in [1.82, 2.24) is 9.80 Å². The van der Waals surface area contributed by atoms with Crippen molar-refractivity contribution in [2.45, 2.75) is 25.9 Å². The molecule has 0 aliphatic carbocycles. The molecule has 0 aliphatic heterocycles. The number of carbonyl (C=O) groups is 1. The van der Waals surface area contributed by atoms with Gasteiger partial charge in [0.25, 0.3) is 0 Å². The van der Waals surface area contributed by atoms with Crippen LogP contribution < -0.4 is 0 Å². The summed E-state index contributed by atoms with van der Waals surface area (Å²) in [6.45, 7) is 2.86. The summed E-state index contributed by atoms with van der Waals surface area (Å²) in [5, 5.41) is 9.20. The van der Waals surface area contributed by atoms with Crippen LogP contribution in [0.1, 0.15) is 18.9 Å². The monoisotopic (exact) mass is 282 g/mol. The number of rotatable bonds is 7. The number of benzene rings is 1. The zero-order valence-electron chi connectivity index (χ0n) is 12.3. The van der Waals surface area contributed by atoms with Crippen LogP contribution >= 0.6 is 0 Å². The van der Waals surface area contributed by atoms with Crippen LogP contribution in [0.3, 0.4) is 0 Å². The minimum atomic E-state index is -0.279. The third-order valence-corrected chi connectivity index (χ3v) is 3.24. The van der Waals surface area contributed by atoms with Crippen LogP contribution in [0.15, 0.2) is 24.3 Å². The van der Waals surface area contributed by atoms with Crippen molar-refractivity contribution >= 4 is 5.91 Å². The summed E-state index contributed by atoms with van der Waals surface area (Å²) in [6, 6.07) is 5.93. The quantitative estimate of drug-likeness (QED) is 0.824. The van der Waals surface area contributed by atoms with Gasteiger partial charge in [-0.25, -0.2) is 4.39 Å². The number of aliphatic hydroxyl groups is 1. The van der Waals surface area contributed by atoms with Crippen molar-refractivity contribution < 1.29 is 14.3 Å². The number of nitrogens with zero attached hydrogens (tertiary/aromatic N) is 2. The van der Waals surface area contributed by atoms with Gasteiger partial charge in [-0.3, -0.25) is 9.69 Å². The Morgan fingerprint density at radius 1 is 1.30 bits per heavy atom. The SMILES string of the molecule is CCC(C(=O)N(C)C)N(CCO)Cc1ccc(F)cc1. The van der Waals surface area contributed by atoms with E-state index in [1.807, 2.05) is 11.8 Å². The second-order valence-corrected chi connectivity index (χ2v) is 4.98. The van der Waals surface area contributed by atoms with Crippen LogP contribution in [0.25, 0.3) is 0 Å². The molecule has 0 aliphatic rings. The molecule has 1 aromatic carbocycles. The molecule has 0 saturated heterocycles. The smallest absolute Gasteiger partial charge is 0.239 e. The van der Waals surface area contributed by atoms with E-state index in [0.29, 0.717) is 19.5 Å². The Balaban J connectivity index is 2.85. The first-order chi connectivity index (χ1) is 9.49. The van der Waals surface area contributed by atoms with Crippen LogP contribution in [0.5, 0.6) is 0 Å². The second-order valence-electron chi connectivity index (χ2n) is 4.98. The summed E-state index contributed by atoms with van der Waals surface area (Å²) in [5.41, 5.74) is 0.921. The van der Waals surface area contributed by atoms with Crippen LogP contribution in [0, 0.1) is 5.82 Å². The minimum absolute atomic E-state index is 0.0155. The Bertz CT molecular complexity index is 420. The average molecular weight is 282 g/mol. The summed E-state index contributed by atoms with van der Waals surface area (Å²) in [7, 11) is 3.44. The lowest BCUT2D eigenvalue weighted by atomic mass is 10.1. The highest BCUT2D eigenvalue weighted by molar-refractivity contribution is 5.81. The number of hydrogen-bond acceptors (Lipinski definition) is 3. The van der Waals surface area contributed by atoms with E-state index in [2.05, 4.69) is 0 Å². The third-order valence-electron chi connectivity index (χ3n) is 3.24. The van der Waals surface area contributed by atoms with E-state index in [-0.39, 0.29) is 24.4 Å². The molecule has 1 rings (SSSR count). The average Bonchev–Trinajstić information content (AvgIpc) is 2.42. The molecule has 5 heteroatoms. The Morgan fingerprint density at radius 3 is 2.35 bits per heavy atom. The number of likely N-dealkylation sites (N-methyl/N-ethyl adjacent to an activating group) is 1. The fourth-order valence-corrected chi connectivity index (χ4v) is 2.18. The molecule has 0 bridgehead atoms. The Morgan fingerprint density at radius 2 is 1.90 bits per heavy atom. The first kappa shape index (κ1) is 16.6. The van der Waals surface area contributed by atoms with E-state index in [1.165, 1.54) is 12.1 Å². The van der Waals surface area contributed by atoms with Gasteiger partial charge < -0.3 is 10.0 Å². The van der Waals surface area contributed by atoms with Crippen molar-refractivity contribution in [3.05, 3.63) is 35.6 Å². The Labute approximate surface area is 119 Å². The van der Waals surface area contributed by atoms with Crippen molar-refractivity contribution in [2.75, 3.05) is 27.2 Å². The van der Waals surface area contributed by atoms with Crippen molar-refractivity contribution in [1.29, 1.82) is 0 Å². The standard InChI is InChI=1S/C15H23FN2O2/c1-4-14(15(20)17(2)3)18(9-10-19)11-12-5-7-13(16)8-6-12/h5-8,14,19H,4,9-11H2,1-3H3. The number of aliphatic hydroxyl groups excluding tert-OH is 1. The van der Waals surface area contributed by atoms with E-state index in [1.54, 1.807) is 31.1 Å². The topological polar surface area (TPSA) is 43.8 Å². The highest BCUT2D eigenvalue weighted by Crippen LogP contribution is 2.13. The van der Waals surface area contributed by atoms with E-state index in [0.717, 1.165) is 5.56 Å². The van der Waals surface area contributed by atoms with Gasteiger partial charge in [-0.15, -0.1) is 0 Å². The van der Waals surface area contributed by atoms with E-state index >= 15 is 0 Å². The summed E-state index contributed by atoms with van der Waals surface area (Å²) in [6.07, 6.45) is 0.665. The largest absolute Gasteiger partial charge is 0.395 e. The summed E-state index contributed by atoms with van der Waals surface area (Å²) in [5.74, 6) is -0.262. The fourth-order valence-electron chi connectivity index (χ4n) is 2.18. The lowest BCUT2D eigenvalue weighted by Gasteiger charge is -2.31. The van der Waals surface area contributed by atoms with Crippen LogP contribution in [0.4, 0.5) is 4.39 Å². The number of halogens is 1. The van der Waals surface area contributed by atoms with Gasteiger partial charge in [0.15, 0.2) is 0 Å². The maximum absolute atomic E-state index is 12.9. The highest BCUT2D eigenvalue weighted by Gasteiger charge is 2.25. The first-order valence-corrected chi connectivity index (χ1v) is 6.80. The molecule has 112 valence electrons. The molecule has 0 fully saturated rings. The first-order valence-electron chi connectivity index (χ1n) is 6.80. The van der Waals surface area contributed by atoms with Crippen LogP contribution in [-0.4, -0.2) is 54.1 Å². The van der Waals surface area contributed by atoms with Crippen LogP contribution in [0.2, 0.25) is 0 Å². The normalized spacial score (nSPS) is 12.5.